The summed E-state index contributed by atoms with van der Waals surface area (Å²) in [5, 5.41) is 5.27. The molecule has 0 amide bonds. The van der Waals surface area contributed by atoms with E-state index < -0.39 is 8.07 Å². The van der Waals surface area contributed by atoms with Crippen LogP contribution in [0.15, 0.2) is 60.9 Å². The van der Waals surface area contributed by atoms with E-state index in [-0.39, 0.29) is 0 Å². The number of ether oxygens (including phenoxy) is 2. The standard InChI is InChI=1S/C24H26N4O3Si/c1-32(2,3)13-12-30-17-28-23(10-11-26-28)19-5-9-24(25-15-19)31-21-7-8-22-18(14-21)4-6-20(16-29)27-22/h4-11,14-16H,12-13,17H2,1-3H3. The van der Waals surface area contributed by atoms with Crippen LogP contribution in [0, 0.1) is 0 Å². The van der Waals surface area contributed by atoms with E-state index in [0.29, 0.717) is 24.1 Å². The molecule has 8 heteroatoms. The third kappa shape index (κ3) is 5.46. The maximum atomic E-state index is 10.9. The predicted octanol–water partition coefficient (Wildman–Crippen LogP) is 5.41. The highest BCUT2D eigenvalue weighted by atomic mass is 28.3. The molecule has 0 aliphatic rings. The van der Waals surface area contributed by atoms with Crippen LogP contribution in [-0.4, -0.2) is 40.7 Å². The number of pyridine rings is 2. The van der Waals surface area contributed by atoms with E-state index in [1.54, 1.807) is 18.5 Å². The molecule has 0 unspecified atom stereocenters. The minimum atomic E-state index is -1.11. The van der Waals surface area contributed by atoms with Gasteiger partial charge in [-0.3, -0.25) is 4.79 Å². The quantitative estimate of drug-likeness (QED) is 0.194. The summed E-state index contributed by atoms with van der Waals surface area (Å²) in [6.07, 6.45) is 4.27. The number of hydrogen-bond donors (Lipinski definition) is 0. The Morgan fingerprint density at radius 1 is 1.06 bits per heavy atom. The van der Waals surface area contributed by atoms with Crippen molar-refractivity contribution in [3.05, 3.63) is 66.6 Å². The number of hydrogen-bond acceptors (Lipinski definition) is 6. The van der Waals surface area contributed by atoms with Crippen LogP contribution in [0.4, 0.5) is 0 Å². The van der Waals surface area contributed by atoms with E-state index in [4.69, 9.17) is 9.47 Å². The van der Waals surface area contributed by atoms with E-state index in [1.807, 2.05) is 47.1 Å². The molecule has 0 radical (unpaired) electrons. The zero-order valence-corrected chi connectivity index (χ0v) is 19.5. The topological polar surface area (TPSA) is 79.1 Å². The summed E-state index contributed by atoms with van der Waals surface area (Å²) < 4.78 is 13.6. The van der Waals surface area contributed by atoms with Crippen molar-refractivity contribution in [2.24, 2.45) is 0 Å². The number of carbonyl (C=O) groups is 1. The molecule has 0 aliphatic heterocycles. The summed E-state index contributed by atoms with van der Waals surface area (Å²) in [4.78, 5) is 19.6. The van der Waals surface area contributed by atoms with Crippen LogP contribution in [-0.2, 0) is 11.5 Å². The Hall–Kier alpha value is -3.36. The van der Waals surface area contributed by atoms with Crippen molar-refractivity contribution in [3.8, 4) is 22.9 Å². The Balaban J connectivity index is 1.42. The third-order valence-electron chi connectivity index (χ3n) is 4.98. The largest absolute Gasteiger partial charge is 0.439 e. The van der Waals surface area contributed by atoms with Crippen molar-refractivity contribution >= 4 is 25.3 Å². The lowest BCUT2D eigenvalue weighted by atomic mass is 10.2. The first-order chi connectivity index (χ1) is 15.4. The molecule has 164 valence electrons. The van der Waals surface area contributed by atoms with Gasteiger partial charge in [0.15, 0.2) is 6.29 Å². The molecular weight excluding hydrogens is 420 g/mol. The van der Waals surface area contributed by atoms with Gasteiger partial charge in [0.1, 0.15) is 18.2 Å². The van der Waals surface area contributed by atoms with Gasteiger partial charge in [-0.25, -0.2) is 14.6 Å². The molecule has 4 aromatic rings. The van der Waals surface area contributed by atoms with Crippen molar-refractivity contribution in [1.82, 2.24) is 19.7 Å². The summed E-state index contributed by atoms with van der Waals surface area (Å²) in [6, 6.07) is 15.9. The zero-order valence-electron chi connectivity index (χ0n) is 18.5. The first-order valence-corrected chi connectivity index (χ1v) is 14.2. The molecule has 0 atom stereocenters. The molecule has 0 aliphatic carbocycles. The van der Waals surface area contributed by atoms with Crippen molar-refractivity contribution in [3.63, 3.8) is 0 Å². The highest BCUT2D eigenvalue weighted by Crippen LogP contribution is 2.26. The summed E-state index contributed by atoms with van der Waals surface area (Å²) in [7, 11) is -1.11. The van der Waals surface area contributed by atoms with E-state index >= 15 is 0 Å². The van der Waals surface area contributed by atoms with Crippen molar-refractivity contribution in [1.29, 1.82) is 0 Å². The fourth-order valence-corrected chi connectivity index (χ4v) is 3.93. The minimum Gasteiger partial charge on any atom is -0.439 e. The van der Waals surface area contributed by atoms with Gasteiger partial charge in [0.2, 0.25) is 5.88 Å². The van der Waals surface area contributed by atoms with Gasteiger partial charge in [0.25, 0.3) is 0 Å². The van der Waals surface area contributed by atoms with Crippen molar-refractivity contribution < 1.29 is 14.3 Å². The van der Waals surface area contributed by atoms with Crippen LogP contribution in [0.5, 0.6) is 11.6 Å². The summed E-state index contributed by atoms with van der Waals surface area (Å²) in [6.45, 7) is 8.18. The Morgan fingerprint density at radius 2 is 1.94 bits per heavy atom. The van der Waals surface area contributed by atoms with Gasteiger partial charge in [0.05, 0.1) is 11.2 Å². The monoisotopic (exact) mass is 446 g/mol. The SMILES string of the molecule is C[Si](C)(C)CCOCn1nccc1-c1ccc(Oc2ccc3nc(C=O)ccc3c2)nc1. The molecule has 0 bridgehead atoms. The Labute approximate surface area is 188 Å². The fraction of sp³-hybridized carbons (Fsp3) is 0.250. The summed E-state index contributed by atoms with van der Waals surface area (Å²) >= 11 is 0. The number of aromatic nitrogens is 4. The second-order valence-electron chi connectivity index (χ2n) is 8.76. The highest BCUT2D eigenvalue weighted by Gasteiger charge is 2.13. The lowest BCUT2D eigenvalue weighted by Crippen LogP contribution is -2.22. The van der Waals surface area contributed by atoms with Gasteiger partial charge in [-0.05, 0) is 42.4 Å². The molecule has 0 saturated heterocycles. The van der Waals surface area contributed by atoms with Crippen LogP contribution in [0.2, 0.25) is 25.7 Å². The normalized spacial score (nSPS) is 11.6. The molecule has 0 saturated carbocycles. The number of carbonyl (C=O) groups excluding carboxylic acids is 1. The number of benzene rings is 1. The molecule has 3 aromatic heterocycles. The smallest absolute Gasteiger partial charge is 0.219 e. The van der Waals surface area contributed by atoms with E-state index in [9.17, 15) is 4.79 Å². The number of rotatable bonds is 9. The fourth-order valence-electron chi connectivity index (χ4n) is 3.17. The Bertz CT molecular complexity index is 1220. The molecule has 32 heavy (non-hydrogen) atoms. The molecule has 1 aromatic carbocycles. The van der Waals surface area contributed by atoms with E-state index in [0.717, 1.165) is 41.1 Å². The molecule has 0 N–H and O–H groups in total. The lowest BCUT2D eigenvalue weighted by Gasteiger charge is -2.16. The second-order valence-corrected chi connectivity index (χ2v) is 14.4. The number of fused-ring (bicyclic) bond motifs is 1. The molecule has 3 heterocycles. The summed E-state index contributed by atoms with van der Waals surface area (Å²) in [5.41, 5.74) is 3.03. The van der Waals surface area contributed by atoms with Gasteiger partial charge in [-0.1, -0.05) is 25.7 Å². The molecule has 7 nitrogen and oxygen atoms in total. The van der Waals surface area contributed by atoms with Crippen LogP contribution in [0.1, 0.15) is 10.5 Å². The first-order valence-electron chi connectivity index (χ1n) is 10.5. The van der Waals surface area contributed by atoms with Gasteiger partial charge >= 0.3 is 0 Å². The Morgan fingerprint density at radius 3 is 2.69 bits per heavy atom. The van der Waals surface area contributed by atoms with E-state index in [2.05, 4.69) is 34.7 Å². The number of aldehydes is 1. The molecule has 0 fully saturated rings. The summed E-state index contributed by atoms with van der Waals surface area (Å²) in [5.74, 6) is 1.14. The van der Waals surface area contributed by atoms with Crippen LogP contribution in [0.3, 0.4) is 0 Å². The van der Waals surface area contributed by atoms with Crippen LogP contribution < -0.4 is 4.74 Å². The first kappa shape index (κ1) is 21.9. The molecule has 4 rings (SSSR count). The predicted molar refractivity (Wildman–Crippen MR) is 127 cm³/mol. The van der Waals surface area contributed by atoms with Gasteiger partial charge < -0.3 is 9.47 Å². The maximum absolute atomic E-state index is 10.9. The Kier molecular flexibility index (Phi) is 6.43. The van der Waals surface area contributed by atoms with Crippen LogP contribution >= 0.6 is 0 Å². The maximum Gasteiger partial charge on any atom is 0.219 e. The molecular formula is C24H26N4O3Si. The van der Waals surface area contributed by atoms with Gasteiger partial charge in [-0.15, -0.1) is 0 Å². The molecule has 0 spiro atoms. The highest BCUT2D eigenvalue weighted by molar-refractivity contribution is 6.76. The van der Waals surface area contributed by atoms with Gasteiger partial charge in [0, 0.05) is 44.1 Å². The van der Waals surface area contributed by atoms with Crippen molar-refractivity contribution in [2.45, 2.75) is 32.4 Å². The van der Waals surface area contributed by atoms with Crippen LogP contribution in [0.25, 0.3) is 22.2 Å². The number of nitrogens with zero attached hydrogens (tertiary/aromatic N) is 4. The van der Waals surface area contributed by atoms with Crippen molar-refractivity contribution in [2.75, 3.05) is 6.61 Å². The third-order valence-corrected chi connectivity index (χ3v) is 6.69. The second kappa shape index (κ2) is 9.42. The minimum absolute atomic E-state index is 0.407. The lowest BCUT2D eigenvalue weighted by molar-refractivity contribution is 0.0798. The van der Waals surface area contributed by atoms with Gasteiger partial charge in [-0.2, -0.15) is 5.10 Å². The average molecular weight is 447 g/mol. The zero-order chi connectivity index (χ0) is 22.6. The van der Waals surface area contributed by atoms with E-state index in [1.165, 1.54) is 0 Å². The average Bonchev–Trinajstić information content (AvgIpc) is 3.25.